The largest absolute Gasteiger partial charge is 0.350 e. The normalized spacial score (nSPS) is 17.6. The second-order valence-corrected chi connectivity index (χ2v) is 9.01. The zero-order chi connectivity index (χ0) is 23.7. The summed E-state index contributed by atoms with van der Waals surface area (Å²) >= 11 is 0. The second-order valence-electron chi connectivity index (χ2n) is 9.01. The van der Waals surface area contributed by atoms with Crippen LogP contribution in [-0.2, 0) is 30.8 Å². The van der Waals surface area contributed by atoms with Crippen molar-refractivity contribution in [1.82, 2.24) is 19.8 Å². The molecule has 172 valence electrons. The number of hydrogen-bond donors (Lipinski definition) is 1. The van der Waals surface area contributed by atoms with Gasteiger partial charge in [-0.3, -0.25) is 9.59 Å². The molecule has 0 fully saturated rings. The summed E-state index contributed by atoms with van der Waals surface area (Å²) < 4.78 is 1.89. The molecule has 0 radical (unpaired) electrons. The minimum atomic E-state index is -1.08. The number of nitrogens with zero attached hydrogens (tertiary/aromatic N) is 3. The van der Waals surface area contributed by atoms with Gasteiger partial charge in [0.2, 0.25) is 5.91 Å². The van der Waals surface area contributed by atoms with Crippen LogP contribution in [0.5, 0.6) is 0 Å². The summed E-state index contributed by atoms with van der Waals surface area (Å²) in [5.41, 5.74) is 3.77. The molecule has 2 amide bonds. The minimum Gasteiger partial charge on any atom is -0.350 e. The van der Waals surface area contributed by atoms with Crippen LogP contribution < -0.4 is 5.32 Å². The van der Waals surface area contributed by atoms with E-state index in [1.807, 2.05) is 78.2 Å². The lowest BCUT2D eigenvalue weighted by atomic mass is 9.94. The predicted octanol–water partition coefficient (Wildman–Crippen LogP) is 4.33. The van der Waals surface area contributed by atoms with Gasteiger partial charge in [-0.05, 0) is 42.2 Å². The molecule has 0 spiro atoms. The summed E-state index contributed by atoms with van der Waals surface area (Å²) in [6.45, 7) is 5.04. The van der Waals surface area contributed by atoms with Gasteiger partial charge in [-0.25, -0.2) is 4.98 Å². The summed E-state index contributed by atoms with van der Waals surface area (Å²) in [5.74, 6) is -0.0441. The topological polar surface area (TPSA) is 67.2 Å². The number of amides is 2. The maximum atomic E-state index is 13.8. The molecule has 0 bridgehead atoms. The van der Waals surface area contributed by atoms with E-state index in [1.54, 1.807) is 4.90 Å². The Hall–Kier alpha value is -3.93. The van der Waals surface area contributed by atoms with Crippen LogP contribution in [0.4, 0.5) is 0 Å². The number of nitrogens with one attached hydrogen (secondary N) is 1. The highest BCUT2D eigenvalue weighted by Crippen LogP contribution is 2.32. The lowest BCUT2D eigenvalue weighted by Gasteiger charge is -2.43. The number of aromatic nitrogens is 2. The molecule has 1 aliphatic rings. The zero-order valence-electron chi connectivity index (χ0n) is 19.5. The average molecular weight is 453 g/mol. The molecule has 1 aromatic heterocycles. The molecule has 5 rings (SSSR count). The molecule has 1 N–H and O–H groups in total. The molecule has 2 heterocycles. The maximum Gasteiger partial charge on any atom is 0.291 e. The summed E-state index contributed by atoms with van der Waals surface area (Å²) in [6, 6.07) is 25.7. The Morgan fingerprint density at radius 3 is 2.35 bits per heavy atom. The Balaban J connectivity index is 1.52. The van der Waals surface area contributed by atoms with Crippen molar-refractivity contribution in [3.05, 3.63) is 101 Å². The Kier molecular flexibility index (Phi) is 5.65. The third-order valence-electron chi connectivity index (χ3n) is 6.71. The molecule has 0 aliphatic carbocycles. The van der Waals surface area contributed by atoms with E-state index < -0.39 is 5.54 Å². The van der Waals surface area contributed by atoms with Crippen molar-refractivity contribution in [2.24, 2.45) is 0 Å². The number of benzene rings is 3. The molecular formula is C28H28N4O2. The number of aryl methyl sites for hydroxylation is 1. The lowest BCUT2D eigenvalue weighted by Crippen LogP contribution is -2.63. The monoisotopic (exact) mass is 452 g/mol. The number of fused-ring (bicyclic) bond motifs is 3. The van der Waals surface area contributed by atoms with E-state index in [0.29, 0.717) is 25.5 Å². The van der Waals surface area contributed by atoms with Crippen LogP contribution in [0.25, 0.3) is 11.0 Å². The SMILES string of the molecule is CCc1ccc(CN2C(=O)c3nc4ccccc4n3C[C@]2(C)C(=O)NCc2ccccc2)cc1. The molecule has 1 atom stereocenters. The Morgan fingerprint density at radius 2 is 1.62 bits per heavy atom. The van der Waals surface area contributed by atoms with E-state index in [9.17, 15) is 9.59 Å². The van der Waals surface area contributed by atoms with Crippen molar-refractivity contribution in [3.63, 3.8) is 0 Å². The van der Waals surface area contributed by atoms with Gasteiger partial charge >= 0.3 is 0 Å². The van der Waals surface area contributed by atoms with Crippen LogP contribution in [0, 0.1) is 0 Å². The van der Waals surface area contributed by atoms with E-state index in [0.717, 1.165) is 28.6 Å². The maximum absolute atomic E-state index is 13.8. The van der Waals surface area contributed by atoms with Crippen molar-refractivity contribution in [1.29, 1.82) is 0 Å². The number of carbonyl (C=O) groups excluding carboxylic acids is 2. The van der Waals surface area contributed by atoms with Gasteiger partial charge in [0.1, 0.15) is 5.54 Å². The molecule has 0 saturated heterocycles. The van der Waals surface area contributed by atoms with Crippen LogP contribution in [0.2, 0.25) is 0 Å². The van der Waals surface area contributed by atoms with Gasteiger partial charge in [0.05, 0.1) is 17.6 Å². The first-order chi connectivity index (χ1) is 16.5. The van der Waals surface area contributed by atoms with Crippen molar-refractivity contribution in [2.75, 3.05) is 0 Å². The third-order valence-corrected chi connectivity index (χ3v) is 6.71. The van der Waals surface area contributed by atoms with E-state index in [-0.39, 0.29) is 11.8 Å². The summed E-state index contributed by atoms with van der Waals surface area (Å²) in [5, 5.41) is 3.07. The van der Waals surface area contributed by atoms with Crippen molar-refractivity contribution in [3.8, 4) is 0 Å². The first-order valence-corrected chi connectivity index (χ1v) is 11.7. The quantitative estimate of drug-likeness (QED) is 0.474. The molecule has 0 saturated carbocycles. The van der Waals surface area contributed by atoms with Crippen LogP contribution in [0.3, 0.4) is 0 Å². The van der Waals surface area contributed by atoms with Gasteiger partial charge < -0.3 is 14.8 Å². The van der Waals surface area contributed by atoms with E-state index in [1.165, 1.54) is 5.56 Å². The molecule has 4 aromatic rings. The number of hydrogen-bond acceptors (Lipinski definition) is 3. The van der Waals surface area contributed by atoms with Crippen molar-refractivity contribution in [2.45, 2.75) is 45.4 Å². The number of imidazole rings is 1. The van der Waals surface area contributed by atoms with Crippen molar-refractivity contribution >= 4 is 22.8 Å². The fourth-order valence-electron chi connectivity index (χ4n) is 4.61. The highest BCUT2D eigenvalue weighted by molar-refractivity contribution is 6.01. The van der Waals surface area contributed by atoms with Gasteiger partial charge in [-0.2, -0.15) is 0 Å². The van der Waals surface area contributed by atoms with E-state index >= 15 is 0 Å². The molecule has 6 heteroatoms. The zero-order valence-corrected chi connectivity index (χ0v) is 19.5. The van der Waals surface area contributed by atoms with Crippen molar-refractivity contribution < 1.29 is 9.59 Å². The minimum absolute atomic E-state index is 0.182. The average Bonchev–Trinajstić information content (AvgIpc) is 3.24. The first kappa shape index (κ1) is 21.9. The standard InChI is InChI=1S/C28H28N4O2/c1-3-20-13-15-22(16-14-20)18-32-26(33)25-30-23-11-7-8-12-24(23)31(25)19-28(32,2)27(34)29-17-21-9-5-4-6-10-21/h4-16H,3,17-19H2,1-2H3,(H,29,34)/t28-/m1/s1. The van der Waals surface area contributed by atoms with Gasteiger partial charge in [0.25, 0.3) is 5.91 Å². The van der Waals surface area contributed by atoms with E-state index in [4.69, 9.17) is 0 Å². The van der Waals surface area contributed by atoms with Gasteiger partial charge in [-0.1, -0.05) is 73.7 Å². The second kappa shape index (κ2) is 8.78. The lowest BCUT2D eigenvalue weighted by molar-refractivity contribution is -0.133. The van der Waals surface area contributed by atoms with Gasteiger partial charge in [0, 0.05) is 13.1 Å². The van der Waals surface area contributed by atoms with Crippen LogP contribution >= 0.6 is 0 Å². The summed E-state index contributed by atoms with van der Waals surface area (Å²) in [4.78, 5) is 33.7. The smallest absolute Gasteiger partial charge is 0.291 e. The van der Waals surface area contributed by atoms with Crippen LogP contribution in [-0.4, -0.2) is 31.8 Å². The number of rotatable bonds is 6. The Morgan fingerprint density at radius 1 is 0.941 bits per heavy atom. The molecule has 0 unspecified atom stereocenters. The van der Waals surface area contributed by atoms with Crippen LogP contribution in [0.15, 0.2) is 78.9 Å². The highest BCUT2D eigenvalue weighted by atomic mass is 16.2. The number of carbonyl (C=O) groups is 2. The molecule has 3 aromatic carbocycles. The number of para-hydroxylation sites is 2. The predicted molar refractivity (Wildman–Crippen MR) is 132 cm³/mol. The summed E-state index contributed by atoms with van der Waals surface area (Å²) in [7, 11) is 0. The molecule has 34 heavy (non-hydrogen) atoms. The first-order valence-electron chi connectivity index (χ1n) is 11.7. The highest BCUT2D eigenvalue weighted by Gasteiger charge is 2.48. The molecule has 1 aliphatic heterocycles. The van der Waals surface area contributed by atoms with Gasteiger partial charge in [0.15, 0.2) is 5.82 Å². The van der Waals surface area contributed by atoms with Gasteiger partial charge in [-0.15, -0.1) is 0 Å². The Labute approximate surface area is 199 Å². The molecular weight excluding hydrogens is 424 g/mol. The van der Waals surface area contributed by atoms with Crippen LogP contribution in [0.1, 0.15) is 41.2 Å². The summed E-state index contributed by atoms with van der Waals surface area (Å²) in [6.07, 6.45) is 0.951. The van der Waals surface area contributed by atoms with E-state index in [2.05, 4.69) is 29.4 Å². The fraction of sp³-hybridized carbons (Fsp3) is 0.250. The third kappa shape index (κ3) is 3.85. The Bertz CT molecular complexity index is 1340. The fourth-order valence-corrected chi connectivity index (χ4v) is 4.61. The molecule has 6 nitrogen and oxygen atoms in total.